The fraction of sp³-hybridized carbons (Fsp3) is 0.118. The maximum Gasteiger partial charge on any atom is 0.332 e. The van der Waals surface area contributed by atoms with Crippen LogP contribution in [0.15, 0.2) is 60.7 Å². The molecule has 0 saturated heterocycles. The number of carbonyl (C=O) groups is 1. The van der Waals surface area contributed by atoms with Crippen molar-refractivity contribution in [2.75, 3.05) is 11.9 Å². The summed E-state index contributed by atoms with van der Waals surface area (Å²) < 4.78 is 6.14. The summed E-state index contributed by atoms with van der Waals surface area (Å²) in [5.41, 5.74) is 2.58. The van der Waals surface area contributed by atoms with Gasteiger partial charge in [0.2, 0.25) is 0 Å². The monoisotopic (exact) mass is 393 g/mol. The highest BCUT2D eigenvalue weighted by Gasteiger charge is 2.06. The second-order valence-corrected chi connectivity index (χ2v) is 5.55. The molecule has 0 aliphatic heterocycles. The molecule has 0 aromatic heterocycles. The van der Waals surface area contributed by atoms with Crippen molar-refractivity contribution in [3.63, 3.8) is 0 Å². The van der Waals surface area contributed by atoms with E-state index in [1.165, 1.54) is 6.08 Å². The van der Waals surface area contributed by atoms with Crippen molar-refractivity contribution in [1.82, 2.24) is 0 Å². The summed E-state index contributed by atoms with van der Waals surface area (Å²) in [6, 6.07) is 17.7. The third kappa shape index (κ3) is 4.90. The van der Waals surface area contributed by atoms with Gasteiger partial charge in [-0.3, -0.25) is 0 Å². The van der Waals surface area contributed by atoms with Crippen molar-refractivity contribution in [3.8, 4) is 0 Å². The van der Waals surface area contributed by atoms with Crippen molar-refractivity contribution < 1.29 is 9.53 Å². The number of nitrogens with one attached hydrogen (secondary N) is 1. The smallest absolute Gasteiger partial charge is 0.332 e. The number of ether oxygens (including phenoxy) is 1. The number of carbonyl (C=O) groups excluding carboxylic acids is 1. The predicted octanol–water partition coefficient (Wildman–Crippen LogP) is 4.31. The van der Waals surface area contributed by atoms with E-state index in [9.17, 15) is 4.79 Å². The van der Waals surface area contributed by atoms with E-state index in [1.807, 2.05) is 54.6 Å². The lowest BCUT2D eigenvalue weighted by atomic mass is 10.1. The molecule has 0 unspecified atom stereocenters. The Labute approximate surface area is 138 Å². The molecule has 2 aromatic rings. The highest BCUT2D eigenvalue weighted by molar-refractivity contribution is 14.1. The molecular weight excluding hydrogens is 377 g/mol. The summed E-state index contributed by atoms with van der Waals surface area (Å²) in [6.07, 6.45) is 1.48. The SMILES string of the molecule is CCOC(=O)C=C(Nc1ccccc1)c1ccc(I)cc1. The number of hydrogen-bond donors (Lipinski definition) is 1. The number of hydrogen-bond acceptors (Lipinski definition) is 3. The van der Waals surface area contributed by atoms with Crippen molar-refractivity contribution in [2.24, 2.45) is 0 Å². The van der Waals surface area contributed by atoms with Crippen LogP contribution < -0.4 is 5.32 Å². The number of esters is 1. The van der Waals surface area contributed by atoms with Gasteiger partial charge in [0.25, 0.3) is 0 Å². The minimum atomic E-state index is -0.352. The highest BCUT2D eigenvalue weighted by atomic mass is 127. The van der Waals surface area contributed by atoms with Gasteiger partial charge in [0, 0.05) is 15.3 Å². The van der Waals surface area contributed by atoms with E-state index >= 15 is 0 Å². The van der Waals surface area contributed by atoms with Crippen LogP contribution in [0.2, 0.25) is 0 Å². The molecule has 0 amide bonds. The molecule has 0 saturated carbocycles. The Kier molecular flexibility index (Phi) is 5.80. The molecule has 0 heterocycles. The van der Waals surface area contributed by atoms with Crippen LogP contribution >= 0.6 is 22.6 Å². The number of halogens is 1. The van der Waals surface area contributed by atoms with Crippen LogP contribution in [-0.2, 0) is 9.53 Å². The molecule has 1 N–H and O–H groups in total. The van der Waals surface area contributed by atoms with Crippen LogP contribution in [0.4, 0.5) is 5.69 Å². The molecule has 0 fully saturated rings. The summed E-state index contributed by atoms with van der Waals surface area (Å²) in [5, 5.41) is 3.26. The maximum atomic E-state index is 11.7. The Balaban J connectivity index is 2.30. The molecule has 0 spiro atoms. The van der Waals surface area contributed by atoms with Crippen molar-refractivity contribution >= 4 is 39.9 Å². The molecule has 0 radical (unpaired) electrons. The van der Waals surface area contributed by atoms with Crippen molar-refractivity contribution in [3.05, 3.63) is 69.8 Å². The Morgan fingerprint density at radius 3 is 2.43 bits per heavy atom. The third-order valence-corrected chi connectivity index (χ3v) is 3.48. The molecule has 0 aliphatic rings. The van der Waals surface area contributed by atoms with Gasteiger partial charge in [0.15, 0.2) is 0 Å². The van der Waals surface area contributed by atoms with Crippen LogP contribution in [0, 0.1) is 3.57 Å². The van der Waals surface area contributed by atoms with Gasteiger partial charge in [0.05, 0.1) is 12.3 Å². The van der Waals surface area contributed by atoms with Crippen molar-refractivity contribution in [2.45, 2.75) is 6.92 Å². The van der Waals surface area contributed by atoms with E-state index in [1.54, 1.807) is 6.92 Å². The fourth-order valence-corrected chi connectivity index (χ4v) is 2.16. The number of para-hydroxylation sites is 1. The van der Waals surface area contributed by atoms with Crippen molar-refractivity contribution in [1.29, 1.82) is 0 Å². The summed E-state index contributed by atoms with van der Waals surface area (Å²) >= 11 is 2.25. The Hall–Kier alpha value is -1.82. The Morgan fingerprint density at radius 2 is 1.81 bits per heavy atom. The molecule has 108 valence electrons. The normalized spacial score (nSPS) is 11.0. The van der Waals surface area contributed by atoms with Gasteiger partial charge in [-0.05, 0) is 59.3 Å². The zero-order valence-corrected chi connectivity index (χ0v) is 13.8. The standard InChI is InChI=1S/C17H16INO2/c1-2-21-17(20)12-16(13-8-10-14(18)11-9-13)19-15-6-4-3-5-7-15/h3-12,19H,2H2,1H3. The quantitative estimate of drug-likeness (QED) is 0.468. The lowest BCUT2D eigenvalue weighted by Crippen LogP contribution is -2.05. The van der Waals surface area contributed by atoms with Crippen LogP contribution in [-0.4, -0.2) is 12.6 Å². The first-order valence-corrected chi connectivity index (χ1v) is 7.73. The maximum absolute atomic E-state index is 11.7. The molecule has 0 atom stereocenters. The van der Waals surface area contributed by atoms with E-state index < -0.39 is 0 Å². The first kappa shape index (κ1) is 15.6. The zero-order valence-electron chi connectivity index (χ0n) is 11.7. The molecule has 0 aliphatic carbocycles. The minimum Gasteiger partial charge on any atom is -0.463 e. The molecule has 2 rings (SSSR count). The highest BCUT2D eigenvalue weighted by Crippen LogP contribution is 2.19. The molecule has 2 aromatic carbocycles. The van der Waals surface area contributed by atoms with E-state index in [-0.39, 0.29) is 5.97 Å². The van der Waals surface area contributed by atoms with Gasteiger partial charge in [-0.25, -0.2) is 4.79 Å². The number of rotatable bonds is 5. The first-order chi connectivity index (χ1) is 10.2. The molecular formula is C17H16INO2. The predicted molar refractivity (Wildman–Crippen MR) is 93.8 cm³/mol. The van der Waals surface area contributed by atoms with E-state index in [0.29, 0.717) is 6.61 Å². The van der Waals surface area contributed by atoms with Crippen LogP contribution in [0.1, 0.15) is 12.5 Å². The van der Waals surface area contributed by atoms with Crippen LogP contribution in [0.25, 0.3) is 5.70 Å². The number of anilines is 1. The summed E-state index contributed by atoms with van der Waals surface area (Å²) in [5.74, 6) is -0.352. The Morgan fingerprint density at radius 1 is 1.14 bits per heavy atom. The molecule has 21 heavy (non-hydrogen) atoms. The van der Waals surface area contributed by atoms with Gasteiger partial charge in [-0.1, -0.05) is 30.3 Å². The Bertz CT molecular complexity index is 621. The first-order valence-electron chi connectivity index (χ1n) is 6.65. The molecule has 0 bridgehead atoms. The van der Waals surface area contributed by atoms with Gasteiger partial charge in [0.1, 0.15) is 0 Å². The van der Waals surface area contributed by atoms with E-state index in [0.717, 1.165) is 20.5 Å². The van der Waals surface area contributed by atoms with E-state index in [2.05, 4.69) is 27.9 Å². The lowest BCUT2D eigenvalue weighted by Gasteiger charge is -2.11. The van der Waals surface area contributed by atoms with Crippen LogP contribution in [0.5, 0.6) is 0 Å². The topological polar surface area (TPSA) is 38.3 Å². The minimum absolute atomic E-state index is 0.352. The second kappa shape index (κ2) is 7.83. The van der Waals surface area contributed by atoms with Gasteiger partial charge in [-0.2, -0.15) is 0 Å². The fourth-order valence-electron chi connectivity index (χ4n) is 1.80. The average molecular weight is 393 g/mol. The van der Waals surface area contributed by atoms with Crippen LogP contribution in [0.3, 0.4) is 0 Å². The van der Waals surface area contributed by atoms with Gasteiger partial charge < -0.3 is 10.1 Å². The third-order valence-electron chi connectivity index (χ3n) is 2.76. The summed E-state index contributed by atoms with van der Waals surface area (Å²) in [6.45, 7) is 2.15. The van der Waals surface area contributed by atoms with Gasteiger partial charge in [-0.15, -0.1) is 0 Å². The molecule has 4 heteroatoms. The zero-order chi connectivity index (χ0) is 15.1. The number of benzene rings is 2. The largest absolute Gasteiger partial charge is 0.463 e. The summed E-state index contributed by atoms with van der Waals surface area (Å²) in [4.78, 5) is 11.7. The molecule has 3 nitrogen and oxygen atoms in total. The van der Waals surface area contributed by atoms with E-state index in [4.69, 9.17) is 4.74 Å². The second-order valence-electron chi connectivity index (χ2n) is 4.31. The average Bonchev–Trinajstić information content (AvgIpc) is 2.49. The summed E-state index contributed by atoms with van der Waals surface area (Å²) in [7, 11) is 0. The lowest BCUT2D eigenvalue weighted by molar-refractivity contribution is -0.137. The van der Waals surface area contributed by atoms with Gasteiger partial charge >= 0.3 is 5.97 Å².